The Balaban J connectivity index is 2.09. The van der Waals surface area contributed by atoms with Gasteiger partial charge in [-0.25, -0.2) is 4.39 Å². The Morgan fingerprint density at radius 2 is 1.65 bits per heavy atom. The Bertz CT molecular complexity index is 406. The number of piperidine rings is 1. The fourth-order valence-electron chi connectivity index (χ4n) is 3.37. The van der Waals surface area contributed by atoms with Crippen molar-refractivity contribution in [1.29, 1.82) is 0 Å². The molecule has 0 saturated carbocycles. The number of rotatable bonds is 4. The van der Waals surface area contributed by atoms with E-state index in [1.807, 2.05) is 19.1 Å². The van der Waals surface area contributed by atoms with Gasteiger partial charge in [-0.1, -0.05) is 26.0 Å². The number of benzene rings is 1. The van der Waals surface area contributed by atoms with Crippen LogP contribution in [0, 0.1) is 17.7 Å². The van der Waals surface area contributed by atoms with E-state index in [-0.39, 0.29) is 17.9 Å². The fraction of sp³-hybridized carbons (Fsp3) is 0.647. The van der Waals surface area contributed by atoms with Crippen molar-refractivity contribution in [3.8, 4) is 0 Å². The maximum Gasteiger partial charge on any atom is 0.123 e. The van der Waals surface area contributed by atoms with Crippen molar-refractivity contribution < 1.29 is 4.39 Å². The van der Waals surface area contributed by atoms with Gasteiger partial charge in [0, 0.05) is 12.1 Å². The Labute approximate surface area is 122 Å². The third kappa shape index (κ3) is 3.58. The van der Waals surface area contributed by atoms with E-state index in [0.29, 0.717) is 0 Å². The smallest absolute Gasteiger partial charge is 0.123 e. The van der Waals surface area contributed by atoms with Gasteiger partial charge in [-0.05, 0) is 62.4 Å². The topological polar surface area (TPSA) is 29.3 Å². The van der Waals surface area contributed by atoms with E-state index in [4.69, 9.17) is 5.73 Å². The van der Waals surface area contributed by atoms with E-state index in [9.17, 15) is 4.39 Å². The van der Waals surface area contributed by atoms with E-state index < -0.39 is 0 Å². The maximum atomic E-state index is 13.1. The monoisotopic (exact) mass is 278 g/mol. The van der Waals surface area contributed by atoms with Gasteiger partial charge in [0.15, 0.2) is 0 Å². The molecule has 2 atom stereocenters. The van der Waals surface area contributed by atoms with Gasteiger partial charge in [0.1, 0.15) is 5.82 Å². The van der Waals surface area contributed by atoms with E-state index >= 15 is 0 Å². The summed E-state index contributed by atoms with van der Waals surface area (Å²) in [7, 11) is 0. The van der Waals surface area contributed by atoms with Crippen LogP contribution in [0.5, 0.6) is 0 Å². The number of likely N-dealkylation sites (tertiary alicyclic amines) is 1. The van der Waals surface area contributed by atoms with Crippen molar-refractivity contribution in [3.63, 3.8) is 0 Å². The molecule has 2 N–H and O–H groups in total. The molecular weight excluding hydrogens is 251 g/mol. The zero-order valence-corrected chi connectivity index (χ0v) is 12.8. The molecule has 1 fully saturated rings. The van der Waals surface area contributed by atoms with Crippen LogP contribution in [-0.2, 0) is 0 Å². The lowest BCUT2D eigenvalue weighted by molar-refractivity contribution is 0.103. The van der Waals surface area contributed by atoms with Crippen LogP contribution in [0.25, 0.3) is 0 Å². The number of nitrogens with two attached hydrogens (primary N) is 1. The summed E-state index contributed by atoms with van der Waals surface area (Å²) in [5.41, 5.74) is 7.33. The fourth-order valence-corrected chi connectivity index (χ4v) is 3.37. The number of hydrogen-bond donors (Lipinski definition) is 1. The van der Waals surface area contributed by atoms with Gasteiger partial charge in [0.05, 0.1) is 0 Å². The predicted molar refractivity (Wildman–Crippen MR) is 81.9 cm³/mol. The highest BCUT2D eigenvalue weighted by Gasteiger charge is 2.29. The van der Waals surface area contributed by atoms with Crippen LogP contribution in [0.15, 0.2) is 24.3 Å². The van der Waals surface area contributed by atoms with Crippen molar-refractivity contribution in [2.75, 3.05) is 13.1 Å². The second-order valence-corrected chi connectivity index (χ2v) is 6.47. The Hall–Kier alpha value is -0.930. The van der Waals surface area contributed by atoms with Crippen LogP contribution >= 0.6 is 0 Å². The third-order valence-corrected chi connectivity index (χ3v) is 4.62. The highest BCUT2D eigenvalue weighted by Crippen LogP contribution is 2.31. The molecule has 0 aromatic heterocycles. The number of halogens is 1. The summed E-state index contributed by atoms with van der Waals surface area (Å²) >= 11 is 0. The molecule has 2 rings (SSSR count). The lowest BCUT2D eigenvalue weighted by atomic mass is 9.85. The molecule has 1 saturated heterocycles. The van der Waals surface area contributed by atoms with Crippen LogP contribution in [0.1, 0.15) is 45.2 Å². The van der Waals surface area contributed by atoms with Crippen molar-refractivity contribution in [1.82, 2.24) is 4.90 Å². The summed E-state index contributed by atoms with van der Waals surface area (Å²) in [5, 5.41) is 0. The van der Waals surface area contributed by atoms with Crippen LogP contribution in [0.3, 0.4) is 0 Å². The number of nitrogens with zero attached hydrogens (tertiary/aromatic N) is 1. The molecule has 0 aliphatic carbocycles. The van der Waals surface area contributed by atoms with Crippen molar-refractivity contribution in [3.05, 3.63) is 35.6 Å². The molecule has 3 heteroatoms. The molecule has 0 spiro atoms. The van der Waals surface area contributed by atoms with Crippen molar-refractivity contribution >= 4 is 0 Å². The van der Waals surface area contributed by atoms with Gasteiger partial charge < -0.3 is 5.73 Å². The second-order valence-electron chi connectivity index (χ2n) is 6.47. The van der Waals surface area contributed by atoms with E-state index in [2.05, 4.69) is 18.7 Å². The average Bonchev–Trinajstić information content (AvgIpc) is 2.41. The van der Waals surface area contributed by atoms with Crippen molar-refractivity contribution in [2.24, 2.45) is 17.6 Å². The van der Waals surface area contributed by atoms with Gasteiger partial charge in [0.2, 0.25) is 0 Å². The molecule has 2 nitrogen and oxygen atoms in total. The van der Waals surface area contributed by atoms with Crippen LogP contribution in [0.4, 0.5) is 4.39 Å². The minimum atomic E-state index is -0.185. The molecule has 1 aromatic carbocycles. The zero-order chi connectivity index (χ0) is 14.7. The quantitative estimate of drug-likeness (QED) is 0.912. The summed E-state index contributed by atoms with van der Waals surface area (Å²) in [6.07, 6.45) is 2.48. The minimum Gasteiger partial charge on any atom is -0.326 e. The molecule has 2 unspecified atom stereocenters. The molecule has 1 aromatic rings. The highest BCUT2D eigenvalue weighted by molar-refractivity contribution is 5.21. The molecule has 0 amide bonds. The van der Waals surface area contributed by atoms with Crippen LogP contribution in [0.2, 0.25) is 0 Å². The number of hydrogen-bond acceptors (Lipinski definition) is 2. The Morgan fingerprint density at radius 1 is 1.10 bits per heavy atom. The van der Waals surface area contributed by atoms with Gasteiger partial charge >= 0.3 is 0 Å². The minimum absolute atomic E-state index is 0.0519. The van der Waals surface area contributed by atoms with E-state index in [1.165, 1.54) is 25.0 Å². The first-order valence-electron chi connectivity index (χ1n) is 7.74. The normalized spacial score (nSPS) is 21.1. The molecule has 0 radical (unpaired) electrons. The van der Waals surface area contributed by atoms with Gasteiger partial charge in [-0.15, -0.1) is 0 Å². The Kier molecular flexibility index (Phi) is 5.17. The van der Waals surface area contributed by atoms with Gasteiger partial charge in [-0.2, -0.15) is 0 Å². The first kappa shape index (κ1) is 15.5. The van der Waals surface area contributed by atoms with Gasteiger partial charge in [0.25, 0.3) is 0 Å². The van der Waals surface area contributed by atoms with Gasteiger partial charge in [-0.3, -0.25) is 4.90 Å². The summed E-state index contributed by atoms with van der Waals surface area (Å²) in [6.45, 7) is 8.84. The summed E-state index contributed by atoms with van der Waals surface area (Å²) < 4.78 is 13.1. The summed E-state index contributed by atoms with van der Waals surface area (Å²) in [4.78, 5) is 2.47. The maximum absolute atomic E-state index is 13.1. The molecule has 1 aliphatic rings. The lowest BCUT2D eigenvalue weighted by Gasteiger charge is -2.40. The summed E-state index contributed by atoms with van der Waals surface area (Å²) in [5.74, 6) is 1.40. The van der Waals surface area contributed by atoms with Crippen molar-refractivity contribution in [2.45, 2.75) is 45.7 Å². The highest BCUT2D eigenvalue weighted by atomic mass is 19.1. The largest absolute Gasteiger partial charge is 0.326 e. The molecule has 1 aliphatic heterocycles. The third-order valence-electron chi connectivity index (χ3n) is 4.62. The van der Waals surface area contributed by atoms with Crippen LogP contribution < -0.4 is 5.73 Å². The van der Waals surface area contributed by atoms with E-state index in [1.54, 1.807) is 0 Å². The Morgan fingerprint density at radius 3 is 2.10 bits per heavy atom. The lowest BCUT2D eigenvalue weighted by Crippen LogP contribution is -2.44. The first-order chi connectivity index (χ1) is 9.49. The first-order valence-corrected chi connectivity index (χ1v) is 7.74. The molecule has 1 heterocycles. The predicted octanol–water partition coefficient (Wildman–Crippen LogP) is 3.58. The molecule has 112 valence electrons. The molecule has 0 bridgehead atoms. The second kappa shape index (κ2) is 6.68. The standard InChI is InChI=1S/C17H27FN2/c1-12(2)14-8-10-20(11-9-14)17(13(3)19)15-4-6-16(18)7-5-15/h4-7,12-14,17H,8-11,19H2,1-3H3. The summed E-state index contributed by atoms with van der Waals surface area (Å²) in [6, 6.07) is 7.06. The van der Waals surface area contributed by atoms with E-state index in [0.717, 1.165) is 30.5 Å². The zero-order valence-electron chi connectivity index (χ0n) is 12.8. The average molecular weight is 278 g/mol. The SMILES string of the molecule is CC(C)C1CCN(C(c2ccc(F)cc2)C(C)N)CC1. The molecular formula is C17H27FN2. The van der Waals surface area contributed by atoms with Crippen LogP contribution in [-0.4, -0.2) is 24.0 Å². The molecule has 20 heavy (non-hydrogen) atoms.